The lowest BCUT2D eigenvalue weighted by Crippen LogP contribution is -2.44. The molecule has 1 N–H and O–H groups in total. The van der Waals surface area contributed by atoms with Gasteiger partial charge in [0.15, 0.2) is 0 Å². The average Bonchev–Trinajstić information content (AvgIpc) is 3.06. The van der Waals surface area contributed by atoms with E-state index >= 15 is 0 Å². The molecule has 32 heavy (non-hydrogen) atoms. The Morgan fingerprint density at radius 3 is 2.38 bits per heavy atom. The van der Waals surface area contributed by atoms with Crippen LogP contribution in [0.4, 0.5) is 14.5 Å². The maximum atomic E-state index is 13.8. The summed E-state index contributed by atoms with van der Waals surface area (Å²) in [4.78, 5) is 29.0. The number of rotatable bonds is 7. The lowest BCUT2D eigenvalue weighted by atomic mass is 10.1. The first-order chi connectivity index (χ1) is 15.4. The molecule has 3 rings (SSSR count). The van der Waals surface area contributed by atoms with Crippen LogP contribution >= 0.6 is 0 Å². The molecule has 1 fully saturated rings. The van der Waals surface area contributed by atoms with Gasteiger partial charge in [0, 0.05) is 32.6 Å². The van der Waals surface area contributed by atoms with Crippen molar-refractivity contribution in [1.82, 2.24) is 9.80 Å². The molecule has 0 aliphatic carbocycles. The number of aryl methyl sites for hydroxylation is 1. The Morgan fingerprint density at radius 2 is 1.72 bits per heavy atom. The molecule has 1 atom stereocenters. The first kappa shape index (κ1) is 23.7. The molecule has 1 heterocycles. The van der Waals surface area contributed by atoms with E-state index in [9.17, 15) is 18.4 Å². The zero-order valence-corrected chi connectivity index (χ0v) is 18.4. The van der Waals surface area contributed by atoms with Gasteiger partial charge >= 0.3 is 0 Å². The second-order valence-electron chi connectivity index (χ2n) is 7.88. The van der Waals surface area contributed by atoms with Crippen LogP contribution in [0.15, 0.2) is 42.5 Å². The third kappa shape index (κ3) is 6.03. The Labute approximate surface area is 187 Å². The van der Waals surface area contributed by atoms with Crippen molar-refractivity contribution in [3.8, 4) is 5.75 Å². The number of hydrogen-bond acceptors (Lipinski definition) is 4. The van der Waals surface area contributed by atoms with Gasteiger partial charge in [0.1, 0.15) is 23.1 Å². The first-order valence-electron chi connectivity index (χ1n) is 10.8. The van der Waals surface area contributed by atoms with E-state index in [4.69, 9.17) is 4.74 Å². The molecular formula is C24H29F2N3O3. The van der Waals surface area contributed by atoms with Gasteiger partial charge in [-0.2, -0.15) is 0 Å². The Bertz CT molecular complexity index is 916. The van der Waals surface area contributed by atoms with E-state index in [0.29, 0.717) is 39.0 Å². The topological polar surface area (TPSA) is 61.9 Å². The van der Waals surface area contributed by atoms with Gasteiger partial charge in [0.2, 0.25) is 11.8 Å². The molecule has 6 nitrogen and oxygen atoms in total. The largest absolute Gasteiger partial charge is 0.497 e. The third-order valence-corrected chi connectivity index (χ3v) is 5.81. The number of ether oxygens (including phenoxy) is 1. The summed E-state index contributed by atoms with van der Waals surface area (Å²) in [6.07, 6.45) is 1.78. The first-order valence-corrected chi connectivity index (χ1v) is 10.8. The maximum Gasteiger partial charge on any atom is 0.241 e. The van der Waals surface area contributed by atoms with E-state index in [1.165, 1.54) is 6.07 Å². The van der Waals surface area contributed by atoms with Gasteiger partial charge in [-0.3, -0.25) is 14.5 Å². The number of halogens is 2. The summed E-state index contributed by atoms with van der Waals surface area (Å²) >= 11 is 0. The van der Waals surface area contributed by atoms with Crippen LogP contribution in [0, 0.1) is 11.6 Å². The Morgan fingerprint density at radius 1 is 1.03 bits per heavy atom. The minimum Gasteiger partial charge on any atom is -0.497 e. The van der Waals surface area contributed by atoms with Crippen LogP contribution in [0.2, 0.25) is 0 Å². The smallest absolute Gasteiger partial charge is 0.241 e. The average molecular weight is 446 g/mol. The second kappa shape index (κ2) is 11.0. The highest BCUT2D eigenvalue weighted by atomic mass is 19.1. The summed E-state index contributed by atoms with van der Waals surface area (Å²) in [6.45, 7) is 3.97. The van der Waals surface area contributed by atoms with Crippen molar-refractivity contribution in [2.24, 2.45) is 0 Å². The van der Waals surface area contributed by atoms with Gasteiger partial charge in [-0.05, 0) is 49.6 Å². The summed E-state index contributed by atoms with van der Waals surface area (Å²) in [6, 6.07) is 10.5. The van der Waals surface area contributed by atoms with E-state index in [2.05, 4.69) is 5.32 Å². The summed E-state index contributed by atoms with van der Waals surface area (Å²) in [5.41, 5.74) is 0.635. The molecule has 8 heteroatoms. The quantitative estimate of drug-likeness (QED) is 0.709. The minimum absolute atomic E-state index is 0.0770. The van der Waals surface area contributed by atoms with Gasteiger partial charge < -0.3 is 15.0 Å². The Kier molecular flexibility index (Phi) is 8.16. The molecule has 2 aromatic carbocycles. The molecule has 0 radical (unpaired) electrons. The van der Waals surface area contributed by atoms with Crippen LogP contribution in [0.3, 0.4) is 0 Å². The van der Waals surface area contributed by atoms with Crippen LogP contribution in [0.1, 0.15) is 25.3 Å². The summed E-state index contributed by atoms with van der Waals surface area (Å²) in [5, 5.41) is 2.36. The van der Waals surface area contributed by atoms with Gasteiger partial charge in [0.25, 0.3) is 0 Å². The predicted octanol–water partition coefficient (Wildman–Crippen LogP) is 3.47. The normalized spacial score (nSPS) is 15.7. The zero-order chi connectivity index (χ0) is 23.1. The van der Waals surface area contributed by atoms with Crippen LogP contribution in [-0.2, 0) is 16.0 Å². The molecule has 0 aromatic heterocycles. The molecule has 1 aliphatic heterocycles. The number of nitrogens with zero attached hydrogens (tertiary/aromatic N) is 2. The molecular weight excluding hydrogens is 416 g/mol. The lowest BCUT2D eigenvalue weighted by molar-refractivity contribution is -0.131. The van der Waals surface area contributed by atoms with E-state index in [1.807, 2.05) is 34.1 Å². The van der Waals surface area contributed by atoms with Crippen LogP contribution in [0.25, 0.3) is 0 Å². The molecule has 0 saturated carbocycles. The fourth-order valence-corrected chi connectivity index (χ4v) is 3.79. The van der Waals surface area contributed by atoms with Gasteiger partial charge in [-0.25, -0.2) is 8.78 Å². The SMILES string of the molecule is COc1ccc(CCC(=O)N2CCCN(C(C)C(=O)Nc3c(F)cccc3F)CC2)cc1. The zero-order valence-electron chi connectivity index (χ0n) is 18.4. The minimum atomic E-state index is -0.810. The molecule has 1 saturated heterocycles. The lowest BCUT2D eigenvalue weighted by Gasteiger charge is -2.27. The molecule has 0 spiro atoms. The number of para-hydroxylation sites is 1. The molecule has 1 unspecified atom stereocenters. The van der Waals surface area contributed by atoms with Crippen molar-refractivity contribution in [2.75, 3.05) is 38.6 Å². The number of carbonyl (C=O) groups is 2. The number of methoxy groups -OCH3 is 1. The monoisotopic (exact) mass is 445 g/mol. The third-order valence-electron chi connectivity index (χ3n) is 5.81. The van der Waals surface area contributed by atoms with Crippen molar-refractivity contribution < 1.29 is 23.1 Å². The van der Waals surface area contributed by atoms with Gasteiger partial charge in [0.05, 0.1) is 13.2 Å². The van der Waals surface area contributed by atoms with Crippen molar-refractivity contribution in [3.63, 3.8) is 0 Å². The van der Waals surface area contributed by atoms with Crippen LogP contribution in [-0.4, -0.2) is 60.9 Å². The standard InChI is InChI=1S/C24H29F2N3O3/c1-17(24(31)27-23-20(25)5-3-6-21(23)26)28-13-4-14-29(16-15-28)22(30)12-9-18-7-10-19(32-2)11-8-18/h3,5-8,10-11,17H,4,9,12-16H2,1-2H3,(H,27,31). The Hall–Kier alpha value is -3.00. The van der Waals surface area contributed by atoms with E-state index in [0.717, 1.165) is 29.9 Å². The number of amides is 2. The summed E-state index contributed by atoms with van der Waals surface area (Å²) < 4.78 is 32.8. The second-order valence-corrected chi connectivity index (χ2v) is 7.88. The van der Waals surface area contributed by atoms with Gasteiger partial charge in [-0.1, -0.05) is 18.2 Å². The number of anilines is 1. The molecule has 1 aliphatic rings. The fourth-order valence-electron chi connectivity index (χ4n) is 3.79. The van der Waals surface area contributed by atoms with Crippen molar-refractivity contribution >= 4 is 17.5 Å². The fraction of sp³-hybridized carbons (Fsp3) is 0.417. The summed E-state index contributed by atoms with van der Waals surface area (Å²) in [7, 11) is 1.61. The van der Waals surface area contributed by atoms with Crippen molar-refractivity contribution in [3.05, 3.63) is 59.7 Å². The highest BCUT2D eigenvalue weighted by Gasteiger charge is 2.26. The van der Waals surface area contributed by atoms with Crippen molar-refractivity contribution in [2.45, 2.75) is 32.2 Å². The predicted molar refractivity (Wildman–Crippen MR) is 119 cm³/mol. The molecule has 172 valence electrons. The molecule has 2 aromatic rings. The van der Waals surface area contributed by atoms with Gasteiger partial charge in [-0.15, -0.1) is 0 Å². The maximum absolute atomic E-state index is 13.8. The number of nitrogens with one attached hydrogen (secondary N) is 1. The molecule has 2 amide bonds. The van der Waals surface area contributed by atoms with E-state index < -0.39 is 29.3 Å². The Balaban J connectivity index is 1.51. The molecule has 0 bridgehead atoms. The van der Waals surface area contributed by atoms with E-state index in [1.54, 1.807) is 14.0 Å². The van der Waals surface area contributed by atoms with Crippen LogP contribution < -0.4 is 10.1 Å². The van der Waals surface area contributed by atoms with E-state index in [-0.39, 0.29) is 5.91 Å². The highest BCUT2D eigenvalue weighted by molar-refractivity contribution is 5.94. The van der Waals surface area contributed by atoms with Crippen molar-refractivity contribution in [1.29, 1.82) is 0 Å². The number of carbonyl (C=O) groups excluding carboxylic acids is 2. The summed E-state index contributed by atoms with van der Waals surface area (Å²) in [5.74, 6) is -1.24. The number of hydrogen-bond donors (Lipinski definition) is 1. The van der Waals surface area contributed by atoms with Crippen LogP contribution in [0.5, 0.6) is 5.75 Å². The number of benzene rings is 2. The highest BCUT2D eigenvalue weighted by Crippen LogP contribution is 2.19.